The van der Waals surface area contributed by atoms with Crippen LogP contribution >= 0.6 is 0 Å². The molecule has 1 aromatic carbocycles. The molecular weight excluding hydrogens is 378 g/mol. The molecule has 10 nitrogen and oxygen atoms in total. The van der Waals surface area contributed by atoms with Gasteiger partial charge in [-0.15, -0.1) is 0 Å². The molecule has 0 aliphatic heterocycles. The topological polar surface area (TPSA) is 148 Å². The van der Waals surface area contributed by atoms with Crippen LogP contribution in [0.5, 0.6) is 0 Å². The smallest absolute Gasteiger partial charge is 0.397 e. The van der Waals surface area contributed by atoms with E-state index < -0.39 is 33.7 Å². The van der Waals surface area contributed by atoms with Crippen LogP contribution in [0.3, 0.4) is 0 Å². The third kappa shape index (κ3) is 7.05. The van der Waals surface area contributed by atoms with Crippen LogP contribution in [-0.4, -0.2) is 45.3 Å². The molecule has 0 unspecified atom stereocenters. The van der Waals surface area contributed by atoms with Gasteiger partial charge in [-0.25, -0.2) is 17.9 Å². The fourth-order valence-corrected chi connectivity index (χ4v) is 2.73. The molecule has 11 heteroatoms. The number of sulfonamides is 1. The first-order valence-corrected chi connectivity index (χ1v) is 9.62. The van der Waals surface area contributed by atoms with Gasteiger partial charge in [-0.3, -0.25) is 14.4 Å². The Morgan fingerprint density at radius 1 is 0.963 bits per heavy atom. The lowest BCUT2D eigenvalue weighted by Gasteiger charge is -2.09. The number of carbonyl (C=O) groups is 4. The van der Waals surface area contributed by atoms with Gasteiger partial charge >= 0.3 is 23.7 Å². The monoisotopic (exact) mass is 399 g/mol. The normalized spacial score (nSPS) is 10.6. The highest BCUT2D eigenvalue weighted by Gasteiger charge is 2.22. The molecule has 0 heterocycles. The van der Waals surface area contributed by atoms with E-state index in [9.17, 15) is 27.6 Å². The number of amides is 3. The first kappa shape index (κ1) is 22.1. The predicted octanol–water partition coefficient (Wildman–Crippen LogP) is -0.0906. The molecule has 148 valence electrons. The molecule has 0 saturated heterocycles. The van der Waals surface area contributed by atoms with E-state index in [4.69, 9.17) is 0 Å². The third-order valence-electron chi connectivity index (χ3n) is 3.13. The van der Waals surface area contributed by atoms with Gasteiger partial charge in [0.05, 0.1) is 11.5 Å². The van der Waals surface area contributed by atoms with Crippen LogP contribution in [0.4, 0.5) is 5.69 Å². The minimum Gasteiger partial charge on any atom is -0.459 e. The van der Waals surface area contributed by atoms with Crippen molar-refractivity contribution in [2.75, 3.05) is 18.5 Å². The summed E-state index contributed by atoms with van der Waals surface area (Å²) in [6, 6.07) is 4.64. The second-order valence-corrected chi connectivity index (χ2v) is 6.93. The Morgan fingerprint density at radius 3 is 2.15 bits per heavy atom. The van der Waals surface area contributed by atoms with Crippen molar-refractivity contribution in [2.45, 2.75) is 31.6 Å². The van der Waals surface area contributed by atoms with Crippen molar-refractivity contribution in [3.8, 4) is 0 Å². The van der Waals surface area contributed by atoms with Crippen molar-refractivity contribution in [3.05, 3.63) is 24.3 Å². The summed E-state index contributed by atoms with van der Waals surface area (Å²) < 4.78 is 30.4. The number of carbonyl (C=O) groups excluding carboxylic acids is 4. The zero-order chi connectivity index (χ0) is 20.4. The molecule has 1 aromatic rings. The molecule has 0 bridgehead atoms. The number of esters is 1. The highest BCUT2D eigenvalue weighted by atomic mass is 32.2. The molecule has 0 fully saturated rings. The highest BCUT2D eigenvalue weighted by Crippen LogP contribution is 2.14. The lowest BCUT2D eigenvalue weighted by Crippen LogP contribution is -2.42. The molecule has 3 amide bonds. The Morgan fingerprint density at radius 2 is 1.59 bits per heavy atom. The lowest BCUT2D eigenvalue weighted by atomic mass is 10.3. The van der Waals surface area contributed by atoms with Gasteiger partial charge in [0.15, 0.2) is 0 Å². The first-order chi connectivity index (χ1) is 12.7. The van der Waals surface area contributed by atoms with Crippen molar-refractivity contribution >= 4 is 39.4 Å². The highest BCUT2D eigenvalue weighted by molar-refractivity contribution is 7.90. The largest absolute Gasteiger partial charge is 0.459 e. The van der Waals surface area contributed by atoms with E-state index in [0.717, 1.165) is 18.6 Å². The summed E-state index contributed by atoms with van der Waals surface area (Å²) in [7, 11) is -4.27. The van der Waals surface area contributed by atoms with Gasteiger partial charge in [-0.1, -0.05) is 13.3 Å². The molecule has 1 rings (SSSR count). The zero-order valence-electron chi connectivity index (χ0n) is 14.9. The van der Waals surface area contributed by atoms with E-state index in [1.807, 2.05) is 6.92 Å². The molecule has 3 N–H and O–H groups in total. The van der Waals surface area contributed by atoms with E-state index in [0.29, 0.717) is 6.42 Å². The molecular formula is C16H21N3O7S. The number of ether oxygens (including phenoxy) is 1. The molecule has 0 aromatic heterocycles. The Bertz CT molecular complexity index is 804. The second kappa shape index (κ2) is 10.3. The SMILES string of the molecule is CCCCNC(=O)C(=O)NS(=O)(=O)c1ccc(NC(=O)C(=O)OCC)cc1. The van der Waals surface area contributed by atoms with Crippen LogP contribution in [0.1, 0.15) is 26.7 Å². The van der Waals surface area contributed by atoms with E-state index in [-0.39, 0.29) is 23.7 Å². The summed E-state index contributed by atoms with van der Waals surface area (Å²) >= 11 is 0. The quantitative estimate of drug-likeness (QED) is 0.330. The van der Waals surface area contributed by atoms with E-state index in [1.165, 1.54) is 12.1 Å². The summed E-state index contributed by atoms with van der Waals surface area (Å²) in [6.45, 7) is 3.74. The van der Waals surface area contributed by atoms with Crippen molar-refractivity contribution in [1.29, 1.82) is 0 Å². The van der Waals surface area contributed by atoms with Crippen LogP contribution in [0.2, 0.25) is 0 Å². The van der Waals surface area contributed by atoms with Crippen molar-refractivity contribution < 1.29 is 32.3 Å². The summed E-state index contributed by atoms with van der Waals surface area (Å²) in [5.74, 6) is -4.43. The number of rotatable bonds is 7. The minimum atomic E-state index is -4.27. The van der Waals surface area contributed by atoms with Gasteiger partial charge in [0.25, 0.3) is 10.0 Å². The van der Waals surface area contributed by atoms with Gasteiger partial charge in [-0.2, -0.15) is 0 Å². The van der Waals surface area contributed by atoms with Gasteiger partial charge in [0.2, 0.25) is 0 Å². The molecule has 0 atom stereocenters. The number of hydrogen-bond acceptors (Lipinski definition) is 7. The van der Waals surface area contributed by atoms with Gasteiger partial charge in [0, 0.05) is 12.2 Å². The van der Waals surface area contributed by atoms with E-state index >= 15 is 0 Å². The van der Waals surface area contributed by atoms with E-state index in [2.05, 4.69) is 15.4 Å². The average molecular weight is 399 g/mol. The molecule has 0 aliphatic rings. The second-order valence-electron chi connectivity index (χ2n) is 5.24. The van der Waals surface area contributed by atoms with Crippen molar-refractivity contribution in [3.63, 3.8) is 0 Å². The summed E-state index contributed by atoms with van der Waals surface area (Å²) in [6.07, 6.45) is 1.46. The molecule has 0 spiro atoms. The fraction of sp³-hybridized carbons (Fsp3) is 0.375. The number of anilines is 1. The van der Waals surface area contributed by atoms with Crippen LogP contribution in [0.25, 0.3) is 0 Å². The summed E-state index contributed by atoms with van der Waals surface area (Å²) in [4.78, 5) is 45.7. The molecule has 0 aliphatic carbocycles. The maximum atomic E-state index is 12.1. The molecule has 27 heavy (non-hydrogen) atoms. The minimum absolute atomic E-state index is 0.0369. The summed E-state index contributed by atoms with van der Waals surface area (Å²) in [5.41, 5.74) is 0.149. The van der Waals surface area contributed by atoms with Gasteiger partial charge in [-0.05, 0) is 37.6 Å². The summed E-state index contributed by atoms with van der Waals surface area (Å²) in [5, 5.41) is 4.54. The van der Waals surface area contributed by atoms with Crippen LogP contribution < -0.4 is 15.4 Å². The van der Waals surface area contributed by atoms with Crippen LogP contribution in [0, 0.1) is 0 Å². The maximum Gasteiger partial charge on any atom is 0.397 e. The van der Waals surface area contributed by atoms with Crippen LogP contribution in [0.15, 0.2) is 29.2 Å². The van der Waals surface area contributed by atoms with Crippen molar-refractivity contribution in [1.82, 2.24) is 10.0 Å². The van der Waals surface area contributed by atoms with Crippen molar-refractivity contribution in [2.24, 2.45) is 0 Å². The van der Waals surface area contributed by atoms with E-state index in [1.54, 1.807) is 11.6 Å². The number of nitrogens with one attached hydrogen (secondary N) is 3. The Labute approximate surface area is 156 Å². The molecule has 0 radical (unpaired) electrons. The standard InChI is InChI=1S/C16H21N3O7S/c1-3-5-10-17-13(20)14(21)19-27(24,25)12-8-6-11(7-9-12)18-15(22)16(23)26-4-2/h6-9H,3-5,10H2,1-2H3,(H,17,20)(H,18,22)(H,19,21). The molecule has 0 saturated carbocycles. The Kier molecular flexibility index (Phi) is 8.39. The fourth-order valence-electron chi connectivity index (χ4n) is 1.78. The lowest BCUT2D eigenvalue weighted by molar-refractivity contribution is -0.152. The van der Waals surface area contributed by atoms with Gasteiger partial charge < -0.3 is 15.4 Å². The van der Waals surface area contributed by atoms with Crippen LogP contribution in [-0.2, 0) is 33.9 Å². The van der Waals surface area contributed by atoms with Gasteiger partial charge in [0.1, 0.15) is 0 Å². The first-order valence-electron chi connectivity index (χ1n) is 8.14. The number of hydrogen-bond donors (Lipinski definition) is 3. The maximum absolute atomic E-state index is 12.1. The third-order valence-corrected chi connectivity index (χ3v) is 4.48. The number of benzene rings is 1. The Balaban J connectivity index is 2.73. The number of unbranched alkanes of at least 4 members (excludes halogenated alkanes) is 1. The Hall–Kier alpha value is -2.95. The predicted molar refractivity (Wildman–Crippen MR) is 95.0 cm³/mol. The average Bonchev–Trinajstić information content (AvgIpc) is 2.62. The zero-order valence-corrected chi connectivity index (χ0v) is 15.7.